The SMILES string of the molecule is CNCc1nc(N)c2c(n1)CCOC2. The van der Waals surface area contributed by atoms with Crippen LogP contribution in [-0.2, 0) is 24.3 Å². The molecule has 0 aromatic carbocycles. The van der Waals surface area contributed by atoms with Gasteiger partial charge in [-0.05, 0) is 7.05 Å². The molecule has 0 saturated heterocycles. The Balaban J connectivity index is 2.36. The van der Waals surface area contributed by atoms with Crippen LogP contribution in [0.3, 0.4) is 0 Å². The van der Waals surface area contributed by atoms with Crippen LogP contribution < -0.4 is 11.1 Å². The first-order valence-electron chi connectivity index (χ1n) is 4.67. The van der Waals surface area contributed by atoms with E-state index >= 15 is 0 Å². The molecule has 0 fully saturated rings. The summed E-state index contributed by atoms with van der Waals surface area (Å²) in [6, 6.07) is 0. The number of aromatic nitrogens is 2. The molecule has 3 N–H and O–H groups in total. The maximum atomic E-state index is 5.81. The van der Waals surface area contributed by atoms with Crippen molar-refractivity contribution < 1.29 is 4.74 Å². The van der Waals surface area contributed by atoms with Gasteiger partial charge >= 0.3 is 0 Å². The summed E-state index contributed by atoms with van der Waals surface area (Å²) in [6.07, 6.45) is 0.832. The predicted octanol–water partition coefficient (Wildman–Crippen LogP) is -0.149. The number of ether oxygens (including phenoxy) is 1. The summed E-state index contributed by atoms with van der Waals surface area (Å²) in [5.74, 6) is 1.31. The van der Waals surface area contributed by atoms with Crippen molar-refractivity contribution in [3.05, 3.63) is 17.1 Å². The molecule has 5 heteroatoms. The largest absolute Gasteiger partial charge is 0.383 e. The molecule has 1 aliphatic heterocycles. The van der Waals surface area contributed by atoms with E-state index in [1.54, 1.807) is 0 Å². The number of hydrogen-bond acceptors (Lipinski definition) is 5. The molecule has 2 heterocycles. The number of fused-ring (bicyclic) bond motifs is 1. The first-order valence-corrected chi connectivity index (χ1v) is 4.67. The van der Waals surface area contributed by atoms with Crippen molar-refractivity contribution >= 4 is 5.82 Å². The molecule has 0 aliphatic carbocycles. The molecule has 0 radical (unpaired) electrons. The molecule has 0 amide bonds. The second-order valence-electron chi connectivity index (χ2n) is 3.28. The number of hydrogen-bond donors (Lipinski definition) is 2. The fourth-order valence-corrected chi connectivity index (χ4v) is 1.55. The molecule has 5 nitrogen and oxygen atoms in total. The van der Waals surface area contributed by atoms with E-state index in [1.165, 1.54) is 0 Å². The normalized spacial score (nSPS) is 15.2. The van der Waals surface area contributed by atoms with Gasteiger partial charge < -0.3 is 15.8 Å². The standard InChI is InChI=1S/C9H14N4O/c1-11-4-8-12-7-2-3-14-5-6(7)9(10)13-8/h11H,2-5H2,1H3,(H2,10,12,13). The third-order valence-corrected chi connectivity index (χ3v) is 2.24. The molecule has 0 unspecified atom stereocenters. The predicted molar refractivity (Wildman–Crippen MR) is 52.6 cm³/mol. The topological polar surface area (TPSA) is 73.1 Å². The molecule has 76 valence electrons. The van der Waals surface area contributed by atoms with E-state index in [-0.39, 0.29) is 0 Å². The average molecular weight is 194 g/mol. The van der Waals surface area contributed by atoms with Crippen molar-refractivity contribution in [2.45, 2.75) is 19.6 Å². The van der Waals surface area contributed by atoms with Crippen molar-refractivity contribution in [2.75, 3.05) is 19.4 Å². The number of anilines is 1. The van der Waals surface area contributed by atoms with E-state index in [9.17, 15) is 0 Å². The number of nitrogens with zero attached hydrogens (tertiary/aromatic N) is 2. The van der Waals surface area contributed by atoms with E-state index < -0.39 is 0 Å². The summed E-state index contributed by atoms with van der Waals surface area (Å²) in [5.41, 5.74) is 7.80. The molecule has 1 aromatic heterocycles. The van der Waals surface area contributed by atoms with Crippen molar-refractivity contribution in [3.8, 4) is 0 Å². The molecule has 1 aliphatic rings. The minimum Gasteiger partial charge on any atom is -0.383 e. The minimum absolute atomic E-state index is 0.543. The number of rotatable bonds is 2. The highest BCUT2D eigenvalue weighted by Crippen LogP contribution is 2.19. The van der Waals surface area contributed by atoms with Crippen LogP contribution in [-0.4, -0.2) is 23.6 Å². The van der Waals surface area contributed by atoms with E-state index in [0.717, 1.165) is 30.1 Å². The van der Waals surface area contributed by atoms with Gasteiger partial charge in [-0.3, -0.25) is 0 Å². The Morgan fingerprint density at radius 3 is 3.14 bits per heavy atom. The van der Waals surface area contributed by atoms with Crippen LogP contribution >= 0.6 is 0 Å². The first kappa shape index (κ1) is 9.36. The maximum Gasteiger partial charge on any atom is 0.144 e. The monoisotopic (exact) mass is 194 g/mol. The average Bonchev–Trinajstić information content (AvgIpc) is 2.18. The van der Waals surface area contributed by atoms with Gasteiger partial charge in [-0.2, -0.15) is 0 Å². The quantitative estimate of drug-likeness (QED) is 0.685. The summed E-state index contributed by atoms with van der Waals surface area (Å²) in [5, 5.41) is 3.01. The summed E-state index contributed by atoms with van der Waals surface area (Å²) in [4.78, 5) is 8.63. The van der Waals surface area contributed by atoms with E-state index in [4.69, 9.17) is 10.5 Å². The van der Waals surface area contributed by atoms with Gasteiger partial charge in [-0.25, -0.2) is 9.97 Å². The van der Waals surface area contributed by atoms with Crippen LogP contribution in [0.5, 0.6) is 0 Å². The number of nitrogen functional groups attached to an aromatic ring is 1. The van der Waals surface area contributed by atoms with Crippen molar-refractivity contribution in [1.29, 1.82) is 0 Å². The lowest BCUT2D eigenvalue weighted by Gasteiger charge is -2.17. The highest BCUT2D eigenvalue weighted by molar-refractivity contribution is 5.42. The Morgan fingerprint density at radius 2 is 2.36 bits per heavy atom. The second-order valence-corrected chi connectivity index (χ2v) is 3.28. The molecule has 14 heavy (non-hydrogen) atoms. The lowest BCUT2D eigenvalue weighted by Crippen LogP contribution is -2.19. The first-order chi connectivity index (χ1) is 6.81. The Kier molecular flexibility index (Phi) is 2.60. The molecule has 2 rings (SSSR count). The van der Waals surface area contributed by atoms with Crippen LogP contribution in [0, 0.1) is 0 Å². The smallest absolute Gasteiger partial charge is 0.144 e. The zero-order chi connectivity index (χ0) is 9.97. The van der Waals surface area contributed by atoms with E-state index in [2.05, 4.69) is 15.3 Å². The Hall–Kier alpha value is -1.20. The molecule has 0 atom stereocenters. The maximum absolute atomic E-state index is 5.81. The molecule has 0 spiro atoms. The molecule has 0 saturated carbocycles. The zero-order valence-electron chi connectivity index (χ0n) is 8.21. The Morgan fingerprint density at radius 1 is 1.50 bits per heavy atom. The van der Waals surface area contributed by atoms with Crippen LogP contribution in [0.1, 0.15) is 17.1 Å². The summed E-state index contributed by atoms with van der Waals surface area (Å²) in [6.45, 7) is 1.92. The van der Waals surface area contributed by atoms with Gasteiger partial charge in [0.25, 0.3) is 0 Å². The minimum atomic E-state index is 0.543. The van der Waals surface area contributed by atoms with Crippen LogP contribution in [0.15, 0.2) is 0 Å². The van der Waals surface area contributed by atoms with Gasteiger partial charge in [0.2, 0.25) is 0 Å². The fraction of sp³-hybridized carbons (Fsp3) is 0.556. The van der Waals surface area contributed by atoms with E-state index in [0.29, 0.717) is 19.0 Å². The molecule has 1 aromatic rings. The van der Waals surface area contributed by atoms with E-state index in [1.807, 2.05) is 7.05 Å². The second kappa shape index (κ2) is 3.89. The molecular formula is C9H14N4O. The summed E-state index contributed by atoms with van der Waals surface area (Å²) in [7, 11) is 1.86. The van der Waals surface area contributed by atoms with Crippen molar-refractivity contribution in [3.63, 3.8) is 0 Å². The van der Waals surface area contributed by atoms with Gasteiger partial charge in [0.05, 0.1) is 25.5 Å². The molecule has 0 bridgehead atoms. The summed E-state index contributed by atoms with van der Waals surface area (Å²) >= 11 is 0. The third kappa shape index (κ3) is 1.69. The molecular weight excluding hydrogens is 180 g/mol. The van der Waals surface area contributed by atoms with Crippen LogP contribution in [0.25, 0.3) is 0 Å². The lowest BCUT2D eigenvalue weighted by atomic mass is 10.1. The highest BCUT2D eigenvalue weighted by atomic mass is 16.5. The lowest BCUT2D eigenvalue weighted by molar-refractivity contribution is 0.109. The van der Waals surface area contributed by atoms with Gasteiger partial charge in [0.1, 0.15) is 11.6 Å². The van der Waals surface area contributed by atoms with Gasteiger partial charge in [-0.15, -0.1) is 0 Å². The van der Waals surface area contributed by atoms with Crippen LogP contribution in [0.4, 0.5) is 5.82 Å². The summed E-state index contributed by atoms with van der Waals surface area (Å²) < 4.78 is 5.30. The van der Waals surface area contributed by atoms with Crippen LogP contribution in [0.2, 0.25) is 0 Å². The number of nitrogens with one attached hydrogen (secondary N) is 1. The van der Waals surface area contributed by atoms with Crippen molar-refractivity contribution in [2.24, 2.45) is 0 Å². The Labute approximate surface area is 82.7 Å². The van der Waals surface area contributed by atoms with Gasteiger partial charge in [0, 0.05) is 12.0 Å². The van der Waals surface area contributed by atoms with Gasteiger partial charge in [-0.1, -0.05) is 0 Å². The Bertz CT molecular complexity index is 340. The number of nitrogens with two attached hydrogens (primary N) is 1. The highest BCUT2D eigenvalue weighted by Gasteiger charge is 2.15. The zero-order valence-corrected chi connectivity index (χ0v) is 8.21. The van der Waals surface area contributed by atoms with Gasteiger partial charge in [0.15, 0.2) is 0 Å². The third-order valence-electron chi connectivity index (χ3n) is 2.24. The fourth-order valence-electron chi connectivity index (χ4n) is 1.55. The van der Waals surface area contributed by atoms with Crippen molar-refractivity contribution in [1.82, 2.24) is 15.3 Å².